The van der Waals surface area contributed by atoms with E-state index >= 15 is 0 Å². The Kier molecular flexibility index (Phi) is 4.30. The second kappa shape index (κ2) is 6.92. The first kappa shape index (κ1) is 19.3. The average molecular weight is 432 g/mol. The highest BCUT2D eigenvalue weighted by Crippen LogP contribution is 2.28. The number of fused-ring (bicyclic) bond motifs is 4. The molecule has 0 fully saturated rings. The Hall–Kier alpha value is -3.71. The third-order valence-electron chi connectivity index (χ3n) is 5.27. The van der Waals surface area contributed by atoms with Gasteiger partial charge in [0.25, 0.3) is 0 Å². The Morgan fingerprint density at radius 2 is 1.52 bits per heavy atom. The number of aryl methyl sites for hydroxylation is 1. The lowest BCUT2D eigenvalue weighted by Crippen LogP contribution is -2.16. The molecule has 5 aromatic rings. The van der Waals surface area contributed by atoms with Crippen molar-refractivity contribution in [2.45, 2.75) is 17.6 Å². The predicted octanol–water partition coefficient (Wildman–Crippen LogP) is 4.33. The Morgan fingerprint density at radius 1 is 0.774 bits per heavy atom. The van der Waals surface area contributed by atoms with E-state index in [0.29, 0.717) is 21.9 Å². The summed E-state index contributed by atoms with van der Waals surface area (Å²) in [6, 6.07) is 18.6. The highest BCUT2D eigenvalue weighted by Gasteiger charge is 2.24. The summed E-state index contributed by atoms with van der Waals surface area (Å²) in [5.41, 5.74) is 0.164. The van der Waals surface area contributed by atoms with Crippen LogP contribution in [0.3, 0.4) is 0 Å². The van der Waals surface area contributed by atoms with Crippen molar-refractivity contribution in [2.75, 3.05) is 0 Å². The number of benzene rings is 3. The fraction of sp³-hybridized carbons (Fsp3) is 0.0833. The molecule has 154 valence electrons. The number of sulfone groups is 1. The molecule has 0 spiro atoms. The van der Waals surface area contributed by atoms with Crippen LogP contribution in [-0.4, -0.2) is 8.42 Å². The Bertz CT molecular complexity index is 1730. The molecular weight excluding hydrogens is 416 g/mol. The zero-order valence-electron chi connectivity index (χ0n) is 16.4. The molecule has 2 aromatic heterocycles. The SMILES string of the molecule is Cc1ccc2oc(=O)cc(CS(=O)(=O)c3cc4c(ccc5ccccc54)oc3=O)c2c1. The summed E-state index contributed by atoms with van der Waals surface area (Å²) >= 11 is 0. The van der Waals surface area contributed by atoms with Gasteiger partial charge < -0.3 is 8.83 Å². The van der Waals surface area contributed by atoms with E-state index in [0.717, 1.165) is 22.4 Å². The molecule has 31 heavy (non-hydrogen) atoms. The molecule has 0 aliphatic heterocycles. The lowest BCUT2D eigenvalue weighted by Gasteiger charge is -2.09. The molecule has 0 aliphatic carbocycles. The minimum Gasteiger partial charge on any atom is -0.423 e. The van der Waals surface area contributed by atoms with E-state index in [1.54, 1.807) is 24.3 Å². The molecule has 2 heterocycles. The van der Waals surface area contributed by atoms with Crippen molar-refractivity contribution in [1.82, 2.24) is 0 Å². The summed E-state index contributed by atoms with van der Waals surface area (Å²) in [7, 11) is -4.11. The number of rotatable bonds is 3. The second-order valence-corrected chi connectivity index (χ2v) is 9.40. The number of hydrogen-bond donors (Lipinski definition) is 0. The highest BCUT2D eigenvalue weighted by molar-refractivity contribution is 7.90. The second-order valence-electron chi connectivity index (χ2n) is 7.45. The van der Waals surface area contributed by atoms with Crippen LogP contribution in [0.25, 0.3) is 32.7 Å². The van der Waals surface area contributed by atoms with E-state index in [2.05, 4.69) is 0 Å². The van der Waals surface area contributed by atoms with E-state index in [1.807, 2.05) is 37.3 Å². The number of hydrogen-bond acceptors (Lipinski definition) is 6. The zero-order chi connectivity index (χ0) is 21.8. The van der Waals surface area contributed by atoms with Gasteiger partial charge in [0.2, 0.25) is 0 Å². The van der Waals surface area contributed by atoms with Gasteiger partial charge in [-0.2, -0.15) is 0 Å². The molecule has 0 N–H and O–H groups in total. The lowest BCUT2D eigenvalue weighted by molar-refractivity contribution is 0.532. The van der Waals surface area contributed by atoms with Crippen LogP contribution in [0.1, 0.15) is 11.1 Å². The van der Waals surface area contributed by atoms with Crippen LogP contribution in [0, 0.1) is 6.92 Å². The Balaban J connectivity index is 1.72. The molecule has 0 aliphatic rings. The van der Waals surface area contributed by atoms with Crippen LogP contribution in [0.4, 0.5) is 0 Å². The fourth-order valence-electron chi connectivity index (χ4n) is 3.81. The van der Waals surface area contributed by atoms with E-state index in [9.17, 15) is 18.0 Å². The Labute approximate surface area is 176 Å². The fourth-order valence-corrected chi connectivity index (χ4v) is 5.21. The van der Waals surface area contributed by atoms with E-state index < -0.39 is 31.7 Å². The van der Waals surface area contributed by atoms with Crippen molar-refractivity contribution in [1.29, 1.82) is 0 Å². The van der Waals surface area contributed by atoms with Gasteiger partial charge in [0.15, 0.2) is 14.7 Å². The molecule has 0 saturated carbocycles. The minimum atomic E-state index is -4.11. The molecule has 0 atom stereocenters. The van der Waals surface area contributed by atoms with Gasteiger partial charge in [0.05, 0.1) is 5.75 Å². The van der Waals surface area contributed by atoms with Gasteiger partial charge in [-0.25, -0.2) is 18.0 Å². The van der Waals surface area contributed by atoms with Gasteiger partial charge in [0, 0.05) is 16.8 Å². The highest BCUT2D eigenvalue weighted by atomic mass is 32.2. The standard InChI is InChI=1S/C24H16O6S/c1-14-6-8-20-18(10-14)16(11-23(25)29-20)13-31(27,28)22-12-19-17-5-3-2-4-15(17)7-9-21(19)30-24(22)26/h2-12H,13H2,1H3. The van der Waals surface area contributed by atoms with E-state index in [1.165, 1.54) is 6.07 Å². The van der Waals surface area contributed by atoms with Crippen molar-refractivity contribution >= 4 is 42.5 Å². The van der Waals surface area contributed by atoms with Crippen molar-refractivity contribution < 1.29 is 17.3 Å². The first-order chi connectivity index (χ1) is 14.8. The molecule has 3 aromatic carbocycles. The maximum atomic E-state index is 13.2. The third-order valence-corrected chi connectivity index (χ3v) is 6.92. The van der Waals surface area contributed by atoms with Crippen LogP contribution in [0.5, 0.6) is 0 Å². The van der Waals surface area contributed by atoms with Crippen LogP contribution in [0.2, 0.25) is 0 Å². The molecule has 0 radical (unpaired) electrons. The van der Waals surface area contributed by atoms with Gasteiger partial charge >= 0.3 is 11.3 Å². The van der Waals surface area contributed by atoms with Crippen molar-refractivity contribution in [3.8, 4) is 0 Å². The summed E-state index contributed by atoms with van der Waals surface area (Å²) in [5.74, 6) is -0.528. The van der Waals surface area contributed by atoms with Crippen LogP contribution in [0.15, 0.2) is 90.0 Å². The van der Waals surface area contributed by atoms with E-state index in [4.69, 9.17) is 8.83 Å². The zero-order valence-corrected chi connectivity index (χ0v) is 17.2. The topological polar surface area (TPSA) is 94.6 Å². The quantitative estimate of drug-likeness (QED) is 0.311. The molecule has 0 amide bonds. The monoisotopic (exact) mass is 432 g/mol. The van der Waals surface area contributed by atoms with Crippen molar-refractivity contribution in [3.05, 3.63) is 98.7 Å². The first-order valence-electron chi connectivity index (χ1n) is 9.54. The smallest absolute Gasteiger partial charge is 0.355 e. The van der Waals surface area contributed by atoms with Gasteiger partial charge in [-0.1, -0.05) is 42.0 Å². The molecule has 5 rings (SSSR count). The molecule has 0 unspecified atom stereocenters. The molecule has 0 bridgehead atoms. The van der Waals surface area contributed by atoms with Gasteiger partial charge in [-0.05, 0) is 47.5 Å². The van der Waals surface area contributed by atoms with Crippen molar-refractivity contribution in [3.63, 3.8) is 0 Å². The molecular formula is C24H16O6S. The minimum absolute atomic E-state index is 0.271. The molecule has 6 nitrogen and oxygen atoms in total. The van der Waals surface area contributed by atoms with E-state index in [-0.39, 0.29) is 5.56 Å². The summed E-state index contributed by atoms with van der Waals surface area (Å²) in [6.45, 7) is 1.85. The lowest BCUT2D eigenvalue weighted by atomic mass is 10.1. The van der Waals surface area contributed by atoms with Gasteiger partial charge in [-0.3, -0.25) is 0 Å². The van der Waals surface area contributed by atoms with Crippen LogP contribution < -0.4 is 11.3 Å². The summed E-state index contributed by atoms with van der Waals surface area (Å²) < 4.78 is 37.0. The predicted molar refractivity (Wildman–Crippen MR) is 118 cm³/mol. The maximum Gasteiger partial charge on any atom is 0.355 e. The average Bonchev–Trinajstić information content (AvgIpc) is 2.73. The first-order valence-corrected chi connectivity index (χ1v) is 11.2. The van der Waals surface area contributed by atoms with Gasteiger partial charge in [0.1, 0.15) is 11.2 Å². The Morgan fingerprint density at radius 3 is 2.35 bits per heavy atom. The van der Waals surface area contributed by atoms with Gasteiger partial charge in [-0.15, -0.1) is 0 Å². The maximum absolute atomic E-state index is 13.2. The van der Waals surface area contributed by atoms with Crippen LogP contribution >= 0.6 is 0 Å². The summed E-state index contributed by atoms with van der Waals surface area (Å²) in [5, 5.41) is 2.72. The largest absolute Gasteiger partial charge is 0.423 e. The third kappa shape index (κ3) is 3.33. The summed E-state index contributed by atoms with van der Waals surface area (Å²) in [6.07, 6.45) is 0. The van der Waals surface area contributed by atoms with Crippen molar-refractivity contribution in [2.24, 2.45) is 0 Å². The molecule has 7 heteroatoms. The summed E-state index contributed by atoms with van der Waals surface area (Å²) in [4.78, 5) is 24.1. The normalized spacial score (nSPS) is 12.0. The molecule has 0 saturated heterocycles. The van der Waals surface area contributed by atoms with Crippen LogP contribution in [-0.2, 0) is 15.6 Å².